The fourth-order valence-electron chi connectivity index (χ4n) is 3.58. The zero-order valence-corrected chi connectivity index (χ0v) is 19.2. The second-order valence-electron chi connectivity index (χ2n) is 7.75. The number of Topliss-reactive ketones (excluding diaryl/α,β-unsaturated/α-hetero) is 1. The number of benzene rings is 2. The normalized spacial score (nSPS) is 15.7. The van der Waals surface area contributed by atoms with E-state index in [2.05, 4.69) is 14.9 Å². The number of carbonyl (C=O) groups is 2. The number of nitrogens with one attached hydrogen (secondary N) is 2. The van der Waals surface area contributed by atoms with E-state index in [1.165, 1.54) is 43.3 Å². The van der Waals surface area contributed by atoms with Gasteiger partial charge in [-0.2, -0.15) is 0 Å². The molecule has 8 nitrogen and oxygen atoms in total. The van der Waals surface area contributed by atoms with E-state index < -0.39 is 10.0 Å². The van der Waals surface area contributed by atoms with Gasteiger partial charge < -0.3 is 10.1 Å². The van der Waals surface area contributed by atoms with Gasteiger partial charge in [0.2, 0.25) is 15.9 Å². The highest BCUT2D eigenvalue weighted by Gasteiger charge is 2.23. The van der Waals surface area contributed by atoms with Gasteiger partial charge in [-0.1, -0.05) is 24.3 Å². The summed E-state index contributed by atoms with van der Waals surface area (Å²) in [5.41, 5.74) is 1.30. The molecule has 0 aromatic heterocycles. The molecule has 0 bridgehead atoms. The number of halogens is 1. The van der Waals surface area contributed by atoms with E-state index in [-0.39, 0.29) is 41.4 Å². The Kier molecular flexibility index (Phi) is 8.67. The summed E-state index contributed by atoms with van der Waals surface area (Å²) < 4.78 is 46.0. The Balaban J connectivity index is 1.53. The predicted molar refractivity (Wildman–Crippen MR) is 121 cm³/mol. The number of hydrogen-bond donors (Lipinski definition) is 2. The summed E-state index contributed by atoms with van der Waals surface area (Å²) in [5, 5.41) is 2.85. The number of amides is 1. The summed E-state index contributed by atoms with van der Waals surface area (Å²) in [6, 6.07) is 11.7. The van der Waals surface area contributed by atoms with E-state index >= 15 is 0 Å². The molecule has 1 atom stereocenters. The lowest BCUT2D eigenvalue weighted by Crippen LogP contribution is -2.44. The Morgan fingerprint density at radius 2 is 1.70 bits per heavy atom. The molecule has 1 saturated heterocycles. The highest BCUT2D eigenvalue weighted by molar-refractivity contribution is 7.89. The molecule has 0 aliphatic carbocycles. The van der Waals surface area contributed by atoms with Gasteiger partial charge in [0.15, 0.2) is 5.78 Å². The maximum absolute atomic E-state index is 13.3. The van der Waals surface area contributed by atoms with Gasteiger partial charge in [-0.3, -0.25) is 14.5 Å². The van der Waals surface area contributed by atoms with Crippen molar-refractivity contribution in [3.05, 3.63) is 65.5 Å². The van der Waals surface area contributed by atoms with Crippen LogP contribution in [0.25, 0.3) is 0 Å². The minimum Gasteiger partial charge on any atom is -0.379 e. The lowest BCUT2D eigenvalue weighted by Gasteiger charge is -2.35. The molecule has 2 N–H and O–H groups in total. The van der Waals surface area contributed by atoms with Crippen LogP contribution >= 0.6 is 0 Å². The van der Waals surface area contributed by atoms with Crippen LogP contribution in [0.2, 0.25) is 0 Å². The number of sulfonamides is 1. The van der Waals surface area contributed by atoms with E-state index in [0.717, 1.165) is 5.56 Å². The molecule has 1 aliphatic heterocycles. The summed E-state index contributed by atoms with van der Waals surface area (Å²) in [7, 11) is -3.79. The Bertz CT molecular complexity index is 1050. The van der Waals surface area contributed by atoms with Crippen molar-refractivity contribution in [1.29, 1.82) is 0 Å². The van der Waals surface area contributed by atoms with E-state index in [1.54, 1.807) is 12.1 Å². The Morgan fingerprint density at radius 3 is 2.30 bits per heavy atom. The van der Waals surface area contributed by atoms with E-state index in [9.17, 15) is 22.4 Å². The average Bonchev–Trinajstić information content (AvgIpc) is 2.81. The number of carbonyl (C=O) groups excluding carboxylic acids is 2. The summed E-state index contributed by atoms with van der Waals surface area (Å²) in [5.74, 6) is -0.781. The molecular weight excluding hydrogens is 449 g/mol. The lowest BCUT2D eigenvalue weighted by atomic mass is 10.0. The van der Waals surface area contributed by atoms with Crippen molar-refractivity contribution in [1.82, 2.24) is 14.9 Å². The number of hydrogen-bond acceptors (Lipinski definition) is 6. The Morgan fingerprint density at radius 1 is 1.06 bits per heavy atom. The van der Waals surface area contributed by atoms with E-state index in [1.807, 2.05) is 0 Å². The SMILES string of the molecule is CC(=O)c1ccc(S(=O)(=O)NCCC(=O)NCC(c2ccc(F)cc2)N2CCOCC2)cc1. The first-order chi connectivity index (χ1) is 15.8. The minimum atomic E-state index is -3.79. The maximum atomic E-state index is 13.3. The number of rotatable bonds is 10. The maximum Gasteiger partial charge on any atom is 0.240 e. The molecule has 33 heavy (non-hydrogen) atoms. The molecule has 0 spiro atoms. The number of nitrogens with zero attached hydrogens (tertiary/aromatic N) is 1. The van der Waals surface area contributed by atoms with Gasteiger partial charge >= 0.3 is 0 Å². The predicted octanol–water partition coefficient (Wildman–Crippen LogP) is 1.89. The zero-order chi connectivity index (χ0) is 23.8. The van der Waals surface area contributed by atoms with Crippen LogP contribution in [0.3, 0.4) is 0 Å². The van der Waals surface area contributed by atoms with Crippen LogP contribution < -0.4 is 10.0 Å². The smallest absolute Gasteiger partial charge is 0.240 e. The molecule has 0 saturated carbocycles. The van der Waals surface area contributed by atoms with Crippen LogP contribution in [-0.2, 0) is 19.6 Å². The molecule has 2 aromatic carbocycles. The molecule has 1 unspecified atom stereocenters. The van der Waals surface area contributed by atoms with Crippen LogP contribution in [0.15, 0.2) is 53.4 Å². The fraction of sp³-hybridized carbons (Fsp3) is 0.391. The molecule has 1 aliphatic rings. The third-order valence-corrected chi connectivity index (χ3v) is 6.93. The van der Waals surface area contributed by atoms with Crippen molar-refractivity contribution in [2.75, 3.05) is 39.4 Å². The highest BCUT2D eigenvalue weighted by Crippen LogP contribution is 2.21. The van der Waals surface area contributed by atoms with Gasteiger partial charge in [0.05, 0.1) is 24.2 Å². The molecule has 1 amide bonds. The van der Waals surface area contributed by atoms with Crippen molar-refractivity contribution in [2.24, 2.45) is 0 Å². The van der Waals surface area contributed by atoms with E-state index in [4.69, 9.17) is 4.74 Å². The standard InChI is InChI=1S/C23H28FN3O5S/c1-17(28)18-4-8-21(9-5-18)33(30,31)26-11-10-23(29)25-16-22(27-12-14-32-15-13-27)19-2-6-20(24)7-3-19/h2-9,22,26H,10-16H2,1H3,(H,25,29). The first kappa shape index (κ1) is 25.0. The molecule has 1 heterocycles. The van der Waals surface area contributed by atoms with Crippen molar-refractivity contribution in [3.8, 4) is 0 Å². The molecule has 2 aromatic rings. The summed E-state index contributed by atoms with van der Waals surface area (Å²) in [6.45, 7) is 4.20. The summed E-state index contributed by atoms with van der Waals surface area (Å²) in [6.07, 6.45) is -0.0377. The molecule has 10 heteroatoms. The topological polar surface area (TPSA) is 105 Å². The average molecular weight is 478 g/mol. The number of morpholine rings is 1. The van der Waals surface area contributed by atoms with Crippen LogP contribution in [0.1, 0.15) is 35.3 Å². The second-order valence-corrected chi connectivity index (χ2v) is 9.52. The molecular formula is C23H28FN3O5S. The van der Waals surface area contributed by atoms with Gasteiger partial charge in [-0.05, 0) is 36.8 Å². The zero-order valence-electron chi connectivity index (χ0n) is 18.4. The lowest BCUT2D eigenvalue weighted by molar-refractivity contribution is -0.121. The van der Waals surface area contributed by atoms with Crippen LogP contribution in [-0.4, -0.2) is 64.4 Å². The van der Waals surface area contributed by atoms with Crippen molar-refractivity contribution in [3.63, 3.8) is 0 Å². The largest absolute Gasteiger partial charge is 0.379 e. The van der Waals surface area contributed by atoms with Gasteiger partial charge in [0.1, 0.15) is 5.82 Å². The van der Waals surface area contributed by atoms with Crippen molar-refractivity contribution in [2.45, 2.75) is 24.3 Å². The van der Waals surface area contributed by atoms with Gasteiger partial charge in [-0.25, -0.2) is 17.5 Å². The van der Waals surface area contributed by atoms with Crippen LogP contribution in [0.5, 0.6) is 0 Å². The number of ketones is 1. The van der Waals surface area contributed by atoms with E-state index in [0.29, 0.717) is 38.4 Å². The summed E-state index contributed by atoms with van der Waals surface area (Å²) in [4.78, 5) is 25.9. The van der Waals surface area contributed by atoms with Crippen LogP contribution in [0, 0.1) is 5.82 Å². The third-order valence-electron chi connectivity index (χ3n) is 5.45. The van der Waals surface area contributed by atoms with Crippen LogP contribution in [0.4, 0.5) is 4.39 Å². The van der Waals surface area contributed by atoms with Gasteiger partial charge in [-0.15, -0.1) is 0 Å². The first-order valence-corrected chi connectivity index (χ1v) is 12.2. The monoisotopic (exact) mass is 477 g/mol. The fourth-order valence-corrected chi connectivity index (χ4v) is 4.61. The Labute approximate surface area is 193 Å². The minimum absolute atomic E-state index is 0.0246. The molecule has 178 valence electrons. The van der Waals surface area contributed by atoms with Crippen molar-refractivity contribution >= 4 is 21.7 Å². The molecule has 0 radical (unpaired) electrons. The summed E-state index contributed by atoms with van der Waals surface area (Å²) >= 11 is 0. The van der Waals surface area contributed by atoms with Crippen molar-refractivity contribution < 1.29 is 27.1 Å². The highest BCUT2D eigenvalue weighted by atomic mass is 32.2. The van der Waals surface area contributed by atoms with Gasteiger partial charge in [0.25, 0.3) is 0 Å². The third kappa shape index (κ3) is 7.16. The second kappa shape index (κ2) is 11.5. The molecule has 1 fully saturated rings. The molecule has 3 rings (SSSR count). The Hall–Kier alpha value is -2.66. The first-order valence-electron chi connectivity index (χ1n) is 10.7. The quantitative estimate of drug-likeness (QED) is 0.507. The van der Waals surface area contributed by atoms with Gasteiger partial charge in [0, 0.05) is 38.2 Å². The number of ether oxygens (including phenoxy) is 1.